The monoisotopic (exact) mass is 538 g/mol. The van der Waals surface area contributed by atoms with Gasteiger partial charge in [0, 0.05) is 32.3 Å². The molecule has 0 radical (unpaired) electrons. The molecule has 0 aliphatic carbocycles. The van der Waals surface area contributed by atoms with Gasteiger partial charge in [0.2, 0.25) is 5.91 Å². The van der Waals surface area contributed by atoms with Crippen molar-refractivity contribution in [1.82, 2.24) is 15.2 Å². The third-order valence-corrected chi connectivity index (χ3v) is 7.33. The third-order valence-electron chi connectivity index (χ3n) is 7.33. The lowest BCUT2D eigenvalue weighted by atomic mass is 9.99. The summed E-state index contributed by atoms with van der Waals surface area (Å²) in [5.41, 5.74) is 2.34. The summed E-state index contributed by atoms with van der Waals surface area (Å²) >= 11 is 0. The van der Waals surface area contributed by atoms with Crippen molar-refractivity contribution >= 4 is 11.7 Å². The van der Waals surface area contributed by atoms with Crippen molar-refractivity contribution in [3.8, 4) is 5.75 Å². The Morgan fingerprint density at radius 2 is 1.79 bits per heavy atom. The first kappa shape index (κ1) is 32.2. The van der Waals surface area contributed by atoms with Gasteiger partial charge in [-0.05, 0) is 68.3 Å². The molecule has 0 spiro atoms. The average molecular weight is 539 g/mol. The molecule has 2 aromatic rings. The number of hydrogen-bond donors (Lipinski definition) is 3. The summed E-state index contributed by atoms with van der Waals surface area (Å²) in [7, 11) is 1.92. The van der Waals surface area contributed by atoms with E-state index in [0.29, 0.717) is 25.4 Å². The Morgan fingerprint density at radius 1 is 1.05 bits per heavy atom. The van der Waals surface area contributed by atoms with Crippen LogP contribution in [0.4, 0.5) is 5.82 Å². The predicted molar refractivity (Wildman–Crippen MR) is 161 cm³/mol. The van der Waals surface area contributed by atoms with Crippen LogP contribution >= 0.6 is 0 Å². The number of aliphatic hydroxyl groups is 1. The molecule has 1 heterocycles. The first-order valence-corrected chi connectivity index (χ1v) is 14.6. The summed E-state index contributed by atoms with van der Waals surface area (Å²) in [6.07, 6.45) is 6.95. The van der Waals surface area contributed by atoms with E-state index in [4.69, 9.17) is 9.72 Å². The number of aliphatic hydroxyl groups excluding tert-OH is 1. The molecule has 7 nitrogen and oxygen atoms in total. The van der Waals surface area contributed by atoms with E-state index in [-0.39, 0.29) is 11.7 Å². The molecule has 0 saturated carbocycles. The molecule has 39 heavy (non-hydrogen) atoms. The highest BCUT2D eigenvalue weighted by molar-refractivity contribution is 5.76. The Labute approximate surface area is 236 Å². The number of amides is 1. The largest absolute Gasteiger partial charge is 0.511 e. The lowest BCUT2D eigenvalue weighted by Crippen LogP contribution is -2.40. The van der Waals surface area contributed by atoms with Crippen LogP contribution in [0.25, 0.3) is 0 Å². The number of anilines is 1. The quantitative estimate of drug-likeness (QED) is 0.138. The van der Waals surface area contributed by atoms with E-state index in [2.05, 4.69) is 55.0 Å². The minimum atomic E-state index is -0.453. The summed E-state index contributed by atoms with van der Waals surface area (Å²) < 4.78 is 5.95. The number of para-hydroxylation sites is 1. The number of nitrogens with one attached hydrogen (secondary N) is 2. The number of benzene rings is 1. The number of carbonyl (C=O) groups excluding carboxylic acids is 1. The molecule has 1 aromatic heterocycles. The topological polar surface area (TPSA) is 86.7 Å². The minimum absolute atomic E-state index is 0.00956. The Balaban J connectivity index is 1.92. The van der Waals surface area contributed by atoms with Crippen molar-refractivity contribution in [1.29, 1.82) is 0 Å². The molecule has 0 bridgehead atoms. The van der Waals surface area contributed by atoms with E-state index in [0.717, 1.165) is 75.4 Å². The minimum Gasteiger partial charge on any atom is -0.511 e. The first-order chi connectivity index (χ1) is 18.9. The van der Waals surface area contributed by atoms with Gasteiger partial charge in [-0.3, -0.25) is 9.69 Å². The number of aryl methyl sites for hydroxylation is 2. The molecule has 216 valence electrons. The van der Waals surface area contributed by atoms with E-state index in [1.54, 1.807) is 0 Å². The zero-order valence-electron chi connectivity index (χ0n) is 24.5. The van der Waals surface area contributed by atoms with E-state index in [9.17, 15) is 9.90 Å². The number of unbranched alkanes of at least 4 members (excludes halogenated alkanes) is 1. The van der Waals surface area contributed by atoms with Gasteiger partial charge in [-0.1, -0.05) is 64.5 Å². The van der Waals surface area contributed by atoms with Crippen molar-refractivity contribution in [2.45, 2.75) is 78.2 Å². The van der Waals surface area contributed by atoms with Crippen molar-refractivity contribution in [2.75, 3.05) is 38.6 Å². The summed E-state index contributed by atoms with van der Waals surface area (Å²) in [4.78, 5) is 19.7. The Morgan fingerprint density at radius 3 is 2.44 bits per heavy atom. The summed E-state index contributed by atoms with van der Waals surface area (Å²) in [5, 5.41) is 16.4. The van der Waals surface area contributed by atoms with Gasteiger partial charge in [0.25, 0.3) is 0 Å². The fraction of sp³-hybridized carbons (Fsp3) is 0.562. The Kier molecular flexibility index (Phi) is 15.1. The van der Waals surface area contributed by atoms with Crippen molar-refractivity contribution in [3.05, 3.63) is 66.1 Å². The van der Waals surface area contributed by atoms with Crippen LogP contribution < -0.4 is 15.4 Å². The molecule has 1 amide bonds. The molecule has 7 heteroatoms. The van der Waals surface area contributed by atoms with Gasteiger partial charge in [0.05, 0.1) is 6.04 Å². The van der Waals surface area contributed by atoms with Gasteiger partial charge in [-0.2, -0.15) is 0 Å². The highest BCUT2D eigenvalue weighted by atomic mass is 16.5. The lowest BCUT2D eigenvalue weighted by molar-refractivity contribution is -0.122. The molecule has 2 rings (SSSR count). The number of pyridine rings is 1. The number of hydrogen-bond acceptors (Lipinski definition) is 6. The maximum Gasteiger partial charge on any atom is 0.220 e. The van der Waals surface area contributed by atoms with Crippen LogP contribution in [-0.4, -0.2) is 60.2 Å². The van der Waals surface area contributed by atoms with Crippen LogP contribution in [0.15, 0.2) is 54.8 Å². The fourth-order valence-corrected chi connectivity index (χ4v) is 4.68. The van der Waals surface area contributed by atoms with Gasteiger partial charge < -0.3 is 20.5 Å². The number of rotatable bonds is 20. The van der Waals surface area contributed by atoms with Gasteiger partial charge in [-0.25, -0.2) is 4.98 Å². The van der Waals surface area contributed by atoms with Crippen LogP contribution in [0.1, 0.15) is 70.6 Å². The van der Waals surface area contributed by atoms with Crippen LogP contribution in [-0.2, 0) is 17.6 Å². The highest BCUT2D eigenvalue weighted by Gasteiger charge is 2.19. The molecule has 0 aliphatic heterocycles. The predicted octanol–water partition coefficient (Wildman–Crippen LogP) is 6.16. The van der Waals surface area contributed by atoms with Gasteiger partial charge in [0.15, 0.2) is 0 Å². The van der Waals surface area contributed by atoms with Crippen LogP contribution in [0.3, 0.4) is 0 Å². The van der Waals surface area contributed by atoms with Crippen LogP contribution in [0, 0.1) is 5.92 Å². The molecular formula is C32H50N4O3. The SMILES string of the molecule is C=C(O)C(CCN(CCCCc1ccc(CC)c(NC)n1)CCOc1ccccc1)NC(=O)CC(CC)CC. The first-order valence-electron chi connectivity index (χ1n) is 14.6. The summed E-state index contributed by atoms with van der Waals surface area (Å²) in [5.74, 6) is 2.17. The number of nitrogens with zero attached hydrogens (tertiary/aromatic N) is 2. The molecule has 0 fully saturated rings. The fourth-order valence-electron chi connectivity index (χ4n) is 4.68. The number of aromatic nitrogens is 1. The van der Waals surface area contributed by atoms with Gasteiger partial charge in [0.1, 0.15) is 23.9 Å². The van der Waals surface area contributed by atoms with Crippen LogP contribution in [0.5, 0.6) is 5.75 Å². The smallest absolute Gasteiger partial charge is 0.220 e. The Bertz CT molecular complexity index is 979. The number of carbonyl (C=O) groups is 1. The van der Waals surface area contributed by atoms with E-state index in [1.165, 1.54) is 5.56 Å². The lowest BCUT2D eigenvalue weighted by Gasteiger charge is -2.26. The van der Waals surface area contributed by atoms with Gasteiger partial charge >= 0.3 is 0 Å². The standard InChI is InChI=1S/C32H50N4O3/c1-6-26(7-2)24-31(38)35-30(25(4)37)19-21-36(22-23-39-29-15-10-9-11-16-29)20-13-12-14-28-18-17-27(8-3)32(33-5)34-28/h9-11,15-18,26,30,37H,4,6-8,12-14,19-24H2,1-3,5H3,(H,33,34)(H,35,38). The molecular weight excluding hydrogens is 488 g/mol. The molecule has 3 N–H and O–H groups in total. The molecule has 1 atom stereocenters. The van der Waals surface area contributed by atoms with Gasteiger partial charge in [-0.15, -0.1) is 0 Å². The third kappa shape index (κ3) is 12.1. The average Bonchev–Trinajstić information content (AvgIpc) is 2.95. The second-order valence-corrected chi connectivity index (χ2v) is 10.2. The van der Waals surface area contributed by atoms with Crippen molar-refractivity contribution < 1.29 is 14.6 Å². The van der Waals surface area contributed by atoms with Crippen molar-refractivity contribution in [3.63, 3.8) is 0 Å². The zero-order chi connectivity index (χ0) is 28.5. The molecule has 0 saturated heterocycles. The second kappa shape index (κ2) is 18.3. The zero-order valence-corrected chi connectivity index (χ0v) is 24.5. The summed E-state index contributed by atoms with van der Waals surface area (Å²) in [6, 6.07) is 13.7. The van der Waals surface area contributed by atoms with Crippen molar-refractivity contribution in [2.24, 2.45) is 5.92 Å². The maximum absolute atomic E-state index is 12.6. The van der Waals surface area contributed by atoms with E-state index in [1.807, 2.05) is 37.4 Å². The molecule has 0 aliphatic rings. The molecule has 1 unspecified atom stereocenters. The normalized spacial score (nSPS) is 11.9. The summed E-state index contributed by atoms with van der Waals surface area (Å²) in [6.45, 7) is 13.0. The highest BCUT2D eigenvalue weighted by Crippen LogP contribution is 2.16. The second-order valence-electron chi connectivity index (χ2n) is 10.2. The van der Waals surface area contributed by atoms with Crippen LogP contribution in [0.2, 0.25) is 0 Å². The molecule has 1 aromatic carbocycles. The Hall–Kier alpha value is -3.06. The van der Waals surface area contributed by atoms with E-state index >= 15 is 0 Å². The van der Waals surface area contributed by atoms with E-state index < -0.39 is 6.04 Å². The maximum atomic E-state index is 12.6. The number of ether oxygens (including phenoxy) is 1.